The van der Waals surface area contributed by atoms with E-state index in [2.05, 4.69) is 28.7 Å². The molecule has 0 saturated heterocycles. The molecule has 0 aliphatic carbocycles. The highest BCUT2D eigenvalue weighted by Crippen LogP contribution is 2.18. The van der Waals surface area contributed by atoms with Crippen molar-refractivity contribution in [2.75, 3.05) is 13.4 Å². The lowest BCUT2D eigenvalue weighted by Gasteiger charge is -2.13. The highest BCUT2D eigenvalue weighted by Gasteiger charge is 2.17. The largest absolute Gasteiger partial charge is 0.497 e. The van der Waals surface area contributed by atoms with Gasteiger partial charge in [0.1, 0.15) is 10.8 Å². The molecular weight excluding hydrogens is 240 g/mol. The lowest BCUT2D eigenvalue weighted by atomic mass is 10.5. The number of rotatable bonds is 3. The molecule has 1 atom stereocenters. The van der Waals surface area contributed by atoms with E-state index in [4.69, 9.17) is 4.74 Å². The third-order valence-electron chi connectivity index (χ3n) is 1.78. The van der Waals surface area contributed by atoms with Crippen molar-refractivity contribution in [1.29, 1.82) is 0 Å². The van der Waals surface area contributed by atoms with Crippen LogP contribution in [0, 0.1) is 0 Å². The van der Waals surface area contributed by atoms with E-state index in [9.17, 15) is 4.21 Å². The van der Waals surface area contributed by atoms with Gasteiger partial charge in [0.05, 0.1) is 16.8 Å². The van der Waals surface area contributed by atoms with E-state index in [0.717, 1.165) is 0 Å². The Bertz CT molecular complexity index is 488. The smallest absolute Gasteiger partial charge is 0.185 e. The SMILES string of the molecule is COc1ccnc(S(C)(=O)=N[Si](C)(C)C)c1. The fraction of sp³-hybridized carbons (Fsp3) is 0.500. The van der Waals surface area contributed by atoms with Crippen molar-refractivity contribution in [3.05, 3.63) is 18.3 Å². The molecule has 0 amide bonds. The maximum absolute atomic E-state index is 12.4. The molecule has 0 radical (unpaired) electrons. The van der Waals surface area contributed by atoms with E-state index in [1.54, 1.807) is 31.7 Å². The molecule has 1 rings (SSSR count). The average molecular weight is 258 g/mol. The maximum atomic E-state index is 12.4. The van der Waals surface area contributed by atoms with Crippen molar-refractivity contribution in [1.82, 2.24) is 4.98 Å². The topological polar surface area (TPSA) is 51.5 Å². The molecule has 1 aromatic rings. The summed E-state index contributed by atoms with van der Waals surface area (Å²) in [6.07, 6.45) is 3.23. The quantitative estimate of drug-likeness (QED) is 0.782. The van der Waals surface area contributed by atoms with Gasteiger partial charge in [-0.15, -0.1) is 0 Å². The molecule has 0 aromatic carbocycles. The molecule has 0 spiro atoms. The number of ether oxygens (including phenoxy) is 1. The Hall–Kier alpha value is -0.883. The minimum atomic E-state index is -2.40. The van der Waals surface area contributed by atoms with Gasteiger partial charge in [0.2, 0.25) is 0 Å². The molecule has 0 N–H and O–H groups in total. The van der Waals surface area contributed by atoms with Crippen LogP contribution >= 0.6 is 0 Å². The normalized spacial score (nSPS) is 15.3. The van der Waals surface area contributed by atoms with Gasteiger partial charge in [-0.1, -0.05) is 0 Å². The summed E-state index contributed by atoms with van der Waals surface area (Å²) >= 11 is 0. The summed E-state index contributed by atoms with van der Waals surface area (Å²) in [6, 6.07) is 3.42. The summed E-state index contributed by atoms with van der Waals surface area (Å²) in [6.45, 7) is 6.16. The van der Waals surface area contributed by atoms with E-state index >= 15 is 0 Å². The first-order chi connectivity index (χ1) is 7.24. The number of methoxy groups -OCH3 is 1. The Morgan fingerprint density at radius 2 is 2.06 bits per heavy atom. The fourth-order valence-electron chi connectivity index (χ4n) is 1.29. The Morgan fingerprint density at radius 3 is 2.56 bits per heavy atom. The molecule has 4 nitrogen and oxygen atoms in total. The van der Waals surface area contributed by atoms with E-state index in [0.29, 0.717) is 10.8 Å². The van der Waals surface area contributed by atoms with Gasteiger partial charge in [0, 0.05) is 18.5 Å². The zero-order chi connectivity index (χ0) is 12.4. The van der Waals surface area contributed by atoms with E-state index in [-0.39, 0.29) is 0 Å². The van der Waals surface area contributed by atoms with Crippen LogP contribution in [0.15, 0.2) is 27.4 Å². The molecule has 0 bridgehead atoms. The zero-order valence-electron chi connectivity index (χ0n) is 10.4. The minimum absolute atomic E-state index is 0.495. The summed E-state index contributed by atoms with van der Waals surface area (Å²) in [5.41, 5.74) is 0. The number of hydrogen-bond donors (Lipinski definition) is 0. The first-order valence-electron chi connectivity index (χ1n) is 4.98. The van der Waals surface area contributed by atoms with Crippen LogP contribution in [0.3, 0.4) is 0 Å². The van der Waals surface area contributed by atoms with Gasteiger partial charge >= 0.3 is 0 Å². The van der Waals surface area contributed by atoms with Gasteiger partial charge < -0.3 is 4.74 Å². The van der Waals surface area contributed by atoms with Crippen molar-refractivity contribution < 1.29 is 8.95 Å². The van der Waals surface area contributed by atoms with Gasteiger partial charge in [-0.2, -0.15) is 0 Å². The average Bonchev–Trinajstić information content (AvgIpc) is 2.14. The number of nitrogens with zero attached hydrogens (tertiary/aromatic N) is 2. The predicted octanol–water partition coefficient (Wildman–Crippen LogP) is 2.38. The number of pyridine rings is 1. The van der Waals surface area contributed by atoms with Crippen LogP contribution in [0.25, 0.3) is 0 Å². The highest BCUT2D eigenvalue weighted by molar-refractivity contribution is 7.93. The first-order valence-corrected chi connectivity index (χ1v) is 10.3. The van der Waals surface area contributed by atoms with Crippen LogP contribution < -0.4 is 4.74 Å². The van der Waals surface area contributed by atoms with Crippen LogP contribution in [0.4, 0.5) is 0 Å². The van der Waals surface area contributed by atoms with Gasteiger partial charge in [-0.25, -0.2) is 9.19 Å². The summed E-state index contributed by atoms with van der Waals surface area (Å²) < 4.78 is 21.9. The molecule has 1 heterocycles. The fourth-order valence-corrected chi connectivity index (χ4v) is 6.44. The van der Waals surface area contributed by atoms with Crippen molar-refractivity contribution in [2.45, 2.75) is 24.7 Å². The van der Waals surface area contributed by atoms with Gasteiger partial charge in [-0.05, 0) is 25.7 Å². The maximum Gasteiger partial charge on any atom is 0.185 e. The Kier molecular flexibility index (Phi) is 3.74. The molecular formula is C10H18N2O2SSi. The van der Waals surface area contributed by atoms with Crippen molar-refractivity contribution in [3.8, 4) is 5.75 Å². The second-order valence-electron chi connectivity index (χ2n) is 4.60. The van der Waals surface area contributed by atoms with Gasteiger partial charge in [0.15, 0.2) is 8.24 Å². The van der Waals surface area contributed by atoms with Crippen LogP contribution in [0.1, 0.15) is 0 Å². The van der Waals surface area contributed by atoms with E-state index in [1.807, 2.05) is 0 Å². The summed E-state index contributed by atoms with van der Waals surface area (Å²) in [5, 5.41) is 0.495. The zero-order valence-corrected chi connectivity index (χ0v) is 12.2. The molecule has 1 unspecified atom stereocenters. The second kappa shape index (κ2) is 4.55. The van der Waals surface area contributed by atoms with Crippen molar-refractivity contribution >= 4 is 18.0 Å². The third-order valence-corrected chi connectivity index (χ3v) is 6.36. The molecule has 0 fully saturated rings. The Morgan fingerprint density at radius 1 is 1.44 bits per heavy atom. The molecule has 90 valence electrons. The molecule has 16 heavy (non-hydrogen) atoms. The monoisotopic (exact) mass is 258 g/mol. The number of hydrogen-bond acceptors (Lipinski definition) is 4. The molecule has 0 aliphatic heterocycles. The molecule has 0 saturated carbocycles. The Labute approximate surface area is 98.3 Å². The highest BCUT2D eigenvalue weighted by atomic mass is 32.2. The van der Waals surface area contributed by atoms with E-state index in [1.165, 1.54) is 0 Å². The summed E-state index contributed by atoms with van der Waals surface area (Å²) in [4.78, 5) is 4.12. The van der Waals surface area contributed by atoms with Gasteiger partial charge in [0.25, 0.3) is 0 Å². The summed E-state index contributed by atoms with van der Waals surface area (Å²) in [7, 11) is -2.56. The summed E-state index contributed by atoms with van der Waals surface area (Å²) in [5.74, 6) is 0.658. The lowest BCUT2D eigenvalue weighted by molar-refractivity contribution is 0.412. The number of aromatic nitrogens is 1. The lowest BCUT2D eigenvalue weighted by Crippen LogP contribution is -2.19. The first kappa shape index (κ1) is 13.2. The second-order valence-corrected chi connectivity index (χ2v) is 11.7. The van der Waals surface area contributed by atoms with Crippen molar-refractivity contribution in [2.24, 2.45) is 4.03 Å². The van der Waals surface area contributed by atoms with Crippen LogP contribution in [-0.4, -0.2) is 30.8 Å². The third kappa shape index (κ3) is 3.60. The van der Waals surface area contributed by atoms with Crippen LogP contribution in [0.2, 0.25) is 19.6 Å². The van der Waals surface area contributed by atoms with Crippen LogP contribution in [-0.2, 0) is 9.73 Å². The van der Waals surface area contributed by atoms with Gasteiger partial charge in [-0.3, -0.25) is 4.03 Å². The standard InChI is InChI=1S/C10H18N2O2SSi/c1-14-9-6-7-11-10(8-9)15(2,13)12-16(3,4)5/h6-8H,1-5H3. The molecule has 1 aromatic heterocycles. The predicted molar refractivity (Wildman–Crippen MR) is 68.9 cm³/mol. The molecule has 0 aliphatic rings. The van der Waals surface area contributed by atoms with Crippen LogP contribution in [0.5, 0.6) is 5.75 Å². The van der Waals surface area contributed by atoms with Crippen molar-refractivity contribution in [3.63, 3.8) is 0 Å². The molecule has 6 heteroatoms. The van der Waals surface area contributed by atoms with E-state index < -0.39 is 18.0 Å². The Balaban J connectivity index is 3.27. The minimum Gasteiger partial charge on any atom is -0.497 e.